The van der Waals surface area contributed by atoms with Gasteiger partial charge in [0.25, 0.3) is 0 Å². The molecule has 0 amide bonds. The van der Waals surface area contributed by atoms with Gasteiger partial charge in [0, 0.05) is 0 Å². The van der Waals surface area contributed by atoms with Gasteiger partial charge < -0.3 is 0 Å². The molecule has 0 bridgehead atoms. The summed E-state index contributed by atoms with van der Waals surface area (Å²) >= 11 is 0. The predicted molar refractivity (Wildman–Crippen MR) is 171 cm³/mol. The Kier molecular flexibility index (Phi) is 15.2. The van der Waals surface area contributed by atoms with Crippen LogP contribution in [0.1, 0.15) is 12.8 Å². The summed E-state index contributed by atoms with van der Waals surface area (Å²) in [4.78, 5) is 0. The molecule has 0 aromatic heterocycles. The van der Waals surface area contributed by atoms with E-state index in [4.69, 9.17) is 0 Å². The first kappa shape index (κ1) is 32.2. The molecule has 0 aromatic carbocycles. The van der Waals surface area contributed by atoms with Crippen LogP contribution >= 0.6 is 0 Å². The summed E-state index contributed by atoms with van der Waals surface area (Å²) in [6.07, 6.45) is 23.0. The Bertz CT molecular complexity index is 726. The van der Waals surface area contributed by atoms with E-state index in [2.05, 4.69) is 103 Å². The molecule has 0 radical (unpaired) electrons. The normalized spacial score (nSPS) is 13.5. The number of allylic oxidation sites excluding steroid dienone is 12. The van der Waals surface area contributed by atoms with Crippen molar-refractivity contribution in [3.05, 3.63) is 109 Å². The van der Waals surface area contributed by atoms with E-state index in [9.17, 15) is 0 Å². The van der Waals surface area contributed by atoms with Crippen molar-refractivity contribution in [2.24, 2.45) is 0 Å². The quantitative estimate of drug-likeness (QED) is 0.102. The van der Waals surface area contributed by atoms with E-state index in [1.54, 1.807) is 10.4 Å². The van der Waals surface area contributed by atoms with Crippen molar-refractivity contribution in [3.8, 4) is 0 Å². The summed E-state index contributed by atoms with van der Waals surface area (Å²) < 4.78 is 0. The summed E-state index contributed by atoms with van der Waals surface area (Å²) in [5.74, 6) is 0. The van der Waals surface area contributed by atoms with Crippen molar-refractivity contribution in [1.29, 1.82) is 0 Å². The summed E-state index contributed by atoms with van der Waals surface area (Å²) in [6.45, 7) is 39.9. The number of rotatable bonds is 18. The van der Waals surface area contributed by atoms with Crippen molar-refractivity contribution in [2.45, 2.75) is 77.4 Å². The van der Waals surface area contributed by atoms with E-state index < -0.39 is 16.1 Å². The van der Waals surface area contributed by atoms with Crippen LogP contribution in [0.2, 0.25) is 64.6 Å². The van der Waals surface area contributed by atoms with Crippen molar-refractivity contribution >= 4 is 29.6 Å². The summed E-state index contributed by atoms with van der Waals surface area (Å²) in [5.41, 5.74) is 3.03. The standard InChI is InChI=1S/C30H50B2Si2/c1-13-19-27(31(23-15-3)24-16-4)29(33(7,8)9)21-22-30(34(10,11)12)28(20-14-2)32(25-17-5)26-18-6/h13-18,21-22H,1-6,19-20,23-26H2,7-12H3/b22-21+,29-27-,30-28+. The Balaban J connectivity index is 7.21. The van der Waals surface area contributed by atoms with Gasteiger partial charge >= 0.3 is 0 Å². The van der Waals surface area contributed by atoms with Crippen LogP contribution in [0.4, 0.5) is 0 Å². The summed E-state index contributed by atoms with van der Waals surface area (Å²) in [5, 5.41) is 3.08. The van der Waals surface area contributed by atoms with Gasteiger partial charge in [-0.3, -0.25) is 0 Å². The third-order valence-corrected chi connectivity index (χ3v) is 10.5. The maximum Gasteiger partial charge on any atom is 0.178 e. The minimum atomic E-state index is -1.63. The van der Waals surface area contributed by atoms with Crippen LogP contribution in [-0.2, 0) is 0 Å². The molecule has 0 N–H and O–H groups in total. The summed E-state index contributed by atoms with van der Waals surface area (Å²) in [6, 6.07) is 0. The van der Waals surface area contributed by atoms with Crippen LogP contribution in [0.25, 0.3) is 0 Å². The molecule has 0 spiro atoms. The van der Waals surface area contributed by atoms with Crippen LogP contribution in [0.15, 0.2) is 109 Å². The Morgan fingerprint density at radius 3 is 0.941 bits per heavy atom. The molecule has 34 heavy (non-hydrogen) atoms. The van der Waals surface area contributed by atoms with Crippen molar-refractivity contribution < 1.29 is 0 Å². The lowest BCUT2D eigenvalue weighted by molar-refractivity contribution is 1.28. The largest absolute Gasteiger partial charge is 0.178 e. The van der Waals surface area contributed by atoms with Gasteiger partial charge in [0.1, 0.15) is 0 Å². The molecule has 0 heterocycles. The maximum atomic E-state index is 4.09. The second-order valence-electron chi connectivity index (χ2n) is 11.2. The Hall–Kier alpha value is -1.78. The smallest absolute Gasteiger partial charge is 0.104 e. The lowest BCUT2D eigenvalue weighted by Crippen LogP contribution is -2.31. The second-order valence-corrected chi connectivity index (χ2v) is 21.3. The molecule has 0 aliphatic carbocycles. The average molecular weight is 489 g/mol. The molecule has 0 rings (SSSR count). The van der Waals surface area contributed by atoms with Crippen molar-refractivity contribution in [3.63, 3.8) is 0 Å². The number of hydrogen-bond acceptors (Lipinski definition) is 0. The number of hydrogen-bond donors (Lipinski definition) is 0. The molecule has 0 nitrogen and oxygen atoms in total. The molecule has 0 fully saturated rings. The highest BCUT2D eigenvalue weighted by molar-refractivity contribution is 6.87. The first-order valence-electron chi connectivity index (χ1n) is 12.7. The SMILES string of the molecule is C=CCB(CC=C)\C(CC=C)=C(/C=C/C(=C(\CC=C)B(CC=C)CC=C)[Si](C)(C)C)[Si](C)(C)C. The van der Waals surface area contributed by atoms with E-state index in [0.717, 1.165) is 38.1 Å². The first-order chi connectivity index (χ1) is 15.9. The monoisotopic (exact) mass is 488 g/mol. The third kappa shape index (κ3) is 10.7. The minimum absolute atomic E-state index is 0.431. The topological polar surface area (TPSA) is 0 Å². The van der Waals surface area contributed by atoms with Gasteiger partial charge in [-0.2, -0.15) is 0 Å². The fourth-order valence-electron chi connectivity index (χ4n) is 4.71. The molecule has 0 saturated carbocycles. The van der Waals surface area contributed by atoms with E-state index in [-0.39, 0.29) is 0 Å². The van der Waals surface area contributed by atoms with Gasteiger partial charge in [-0.1, -0.05) is 135 Å². The highest BCUT2D eigenvalue weighted by Crippen LogP contribution is 2.31. The van der Waals surface area contributed by atoms with Gasteiger partial charge in [0.15, 0.2) is 13.4 Å². The molecule has 0 aromatic rings. The van der Waals surface area contributed by atoms with Crippen LogP contribution in [0, 0.1) is 0 Å². The highest BCUT2D eigenvalue weighted by atomic mass is 28.3. The van der Waals surface area contributed by atoms with Crippen molar-refractivity contribution in [2.75, 3.05) is 0 Å². The second kappa shape index (κ2) is 16.0. The lowest BCUT2D eigenvalue weighted by atomic mass is 9.39. The maximum absolute atomic E-state index is 4.09. The fraction of sp³-hybridized carbons (Fsp3) is 0.400. The van der Waals surface area contributed by atoms with Gasteiger partial charge in [-0.15, -0.1) is 39.5 Å². The molecule has 0 atom stereocenters. The zero-order chi connectivity index (χ0) is 26.4. The van der Waals surface area contributed by atoms with Crippen LogP contribution in [0.3, 0.4) is 0 Å². The lowest BCUT2D eigenvalue weighted by Gasteiger charge is -2.29. The molecule has 0 unspecified atom stereocenters. The zero-order valence-electron chi connectivity index (χ0n) is 23.3. The Morgan fingerprint density at radius 1 is 0.500 bits per heavy atom. The van der Waals surface area contributed by atoms with E-state index in [1.807, 2.05) is 24.3 Å². The predicted octanol–water partition coefficient (Wildman–Crippen LogP) is 9.85. The third-order valence-electron chi connectivity index (χ3n) is 6.24. The summed E-state index contributed by atoms with van der Waals surface area (Å²) in [7, 11) is -3.26. The minimum Gasteiger partial charge on any atom is -0.104 e. The van der Waals surface area contributed by atoms with Crippen molar-refractivity contribution in [1.82, 2.24) is 0 Å². The molecule has 184 valence electrons. The zero-order valence-corrected chi connectivity index (χ0v) is 25.3. The fourth-order valence-corrected chi connectivity index (χ4v) is 8.42. The molecule has 0 aliphatic heterocycles. The van der Waals surface area contributed by atoms with Gasteiger partial charge in [0.05, 0.1) is 16.1 Å². The van der Waals surface area contributed by atoms with Crippen LogP contribution in [-0.4, -0.2) is 29.6 Å². The van der Waals surface area contributed by atoms with E-state index in [0.29, 0.717) is 13.4 Å². The van der Waals surface area contributed by atoms with Gasteiger partial charge in [-0.25, -0.2) is 0 Å². The molecular weight excluding hydrogens is 438 g/mol. The molecular formula is C30H50B2Si2. The van der Waals surface area contributed by atoms with Crippen LogP contribution < -0.4 is 0 Å². The van der Waals surface area contributed by atoms with Gasteiger partial charge in [-0.05, 0) is 12.8 Å². The molecule has 0 saturated heterocycles. The molecule has 4 heteroatoms. The van der Waals surface area contributed by atoms with Crippen LogP contribution in [0.5, 0.6) is 0 Å². The van der Waals surface area contributed by atoms with E-state index >= 15 is 0 Å². The first-order valence-corrected chi connectivity index (χ1v) is 19.7. The Morgan fingerprint density at radius 2 is 0.765 bits per heavy atom. The van der Waals surface area contributed by atoms with E-state index in [1.165, 1.54) is 10.9 Å². The van der Waals surface area contributed by atoms with Gasteiger partial charge in [0.2, 0.25) is 0 Å². The average Bonchev–Trinajstić information content (AvgIpc) is 2.72. The molecule has 0 aliphatic rings. The highest BCUT2D eigenvalue weighted by Gasteiger charge is 2.29. The Labute approximate surface area is 216 Å².